The second kappa shape index (κ2) is 34.7. The van der Waals surface area contributed by atoms with Crippen LogP contribution in [0.2, 0.25) is 0 Å². The minimum absolute atomic E-state index is 0.0369. The van der Waals surface area contributed by atoms with Crippen molar-refractivity contribution in [3.8, 4) is 0 Å². The fourth-order valence-electron chi connectivity index (χ4n) is 11.5. The smallest absolute Gasteiger partial charge is 0.187 e. The van der Waals surface area contributed by atoms with Gasteiger partial charge in [-0.3, -0.25) is 0 Å². The third kappa shape index (κ3) is 18.9. The average molecular weight is 1240 g/mol. The van der Waals surface area contributed by atoms with E-state index in [0.717, 1.165) is 44.5 Å². The molecule has 2 N–H and O–H groups in total. The van der Waals surface area contributed by atoms with E-state index in [9.17, 15) is 10.2 Å². The fourth-order valence-corrected chi connectivity index (χ4v) is 11.5. The Morgan fingerprint density at radius 1 is 0.264 bits per heavy atom. The lowest BCUT2D eigenvalue weighted by Crippen LogP contribution is -2.66. The van der Waals surface area contributed by atoms with Crippen LogP contribution in [-0.2, 0) is 119 Å². The van der Waals surface area contributed by atoms with Crippen molar-refractivity contribution in [1.82, 2.24) is 0 Å². The SMILES string of the molecule is CO[C@H]1O[C@H](CO[C@H]2O[C@H](COCc3ccccc3)[C@@H](OCc3ccccc3)[C@H](OCc3ccccc3)[C@@H]2O)[C@@H](OCc2ccccc2)[C@H](O[C@H]2O[C@H](COCc3ccccc3)[C@@H](OCc3ccccc3)[C@H](OCc3ccccc3)[C@@H]2O)[C@@H]1OCc1ccccc1. The summed E-state index contributed by atoms with van der Waals surface area (Å²) in [6.45, 7) is 1.34. The van der Waals surface area contributed by atoms with Gasteiger partial charge in [0.15, 0.2) is 18.9 Å². The first-order valence-corrected chi connectivity index (χ1v) is 31.2. The summed E-state index contributed by atoms with van der Waals surface area (Å²) in [4.78, 5) is 0. The van der Waals surface area contributed by atoms with Crippen LogP contribution >= 0.6 is 0 Å². The predicted octanol–water partition coefficient (Wildman–Crippen LogP) is 10.9. The molecule has 3 aliphatic rings. The Labute approximate surface area is 533 Å². The van der Waals surface area contributed by atoms with Gasteiger partial charge in [0.1, 0.15) is 73.2 Å². The standard InChI is InChI=1S/C75H82O16/c1-78-75-72(86-49-60-40-24-9-25-41-60)71(91-74-65(77)70(85-48-59-38-22-8-23-39-59)67(82-45-56-32-16-5-17-33-56)62(89-74)51-80-43-54-28-12-3-13-29-54)68(83-46-57-34-18-6-19-35-57)63(90-75)52-87-73-64(76)69(84-47-58-36-20-7-21-37-58)66(81-44-55-30-14-4-15-31-55)61(88-73)50-79-42-53-26-10-2-11-27-53/h2-41,61-77H,42-52H2,1H3/t61-,62-,63-,64+,65+,66-,67-,68-,69-,70-,71+,72+,73+,74-,75+/m1/s1. The van der Waals surface area contributed by atoms with Gasteiger partial charge in [0, 0.05) is 7.11 Å². The summed E-state index contributed by atoms with van der Waals surface area (Å²) in [7, 11) is 1.52. The third-order valence-corrected chi connectivity index (χ3v) is 16.3. The van der Waals surface area contributed by atoms with Crippen LogP contribution in [0.5, 0.6) is 0 Å². The first-order chi connectivity index (χ1) is 44.9. The van der Waals surface area contributed by atoms with Gasteiger partial charge in [0.05, 0.1) is 72.7 Å². The summed E-state index contributed by atoms with van der Waals surface area (Å²) in [6, 6.07) is 78.3. The Hall–Kier alpha value is -6.88. The molecule has 478 valence electrons. The molecule has 0 aromatic heterocycles. The van der Waals surface area contributed by atoms with E-state index < -0.39 is 92.1 Å². The molecule has 8 aromatic rings. The van der Waals surface area contributed by atoms with Gasteiger partial charge in [-0.25, -0.2) is 0 Å². The highest BCUT2D eigenvalue weighted by atomic mass is 16.8. The maximum absolute atomic E-state index is 13.0. The molecule has 91 heavy (non-hydrogen) atoms. The monoisotopic (exact) mass is 1240 g/mol. The Morgan fingerprint density at radius 3 is 0.846 bits per heavy atom. The minimum atomic E-state index is -1.46. The van der Waals surface area contributed by atoms with Crippen LogP contribution in [0.3, 0.4) is 0 Å². The number of aliphatic hydroxyl groups is 2. The number of methoxy groups -OCH3 is 1. The highest BCUT2D eigenvalue weighted by Gasteiger charge is 2.55. The molecule has 0 radical (unpaired) electrons. The lowest BCUT2D eigenvalue weighted by molar-refractivity contribution is -0.378. The van der Waals surface area contributed by atoms with Crippen molar-refractivity contribution in [2.75, 3.05) is 26.9 Å². The lowest BCUT2D eigenvalue weighted by atomic mass is 9.95. The van der Waals surface area contributed by atoms with Crippen LogP contribution in [0.25, 0.3) is 0 Å². The van der Waals surface area contributed by atoms with Crippen molar-refractivity contribution < 1.29 is 76.5 Å². The van der Waals surface area contributed by atoms with Crippen molar-refractivity contribution in [2.24, 2.45) is 0 Å². The molecule has 0 bridgehead atoms. The number of benzene rings is 8. The third-order valence-electron chi connectivity index (χ3n) is 16.3. The lowest BCUT2D eigenvalue weighted by Gasteiger charge is -2.49. The maximum Gasteiger partial charge on any atom is 0.187 e. The molecule has 15 atom stereocenters. The van der Waals surface area contributed by atoms with Crippen LogP contribution in [0.15, 0.2) is 243 Å². The van der Waals surface area contributed by atoms with E-state index in [1.807, 2.05) is 243 Å². The molecule has 3 heterocycles. The summed E-state index contributed by atoms with van der Waals surface area (Å²) in [6.07, 6.45) is -16.3. The van der Waals surface area contributed by atoms with Crippen molar-refractivity contribution in [2.45, 2.75) is 145 Å². The van der Waals surface area contributed by atoms with Gasteiger partial charge >= 0.3 is 0 Å². The molecule has 0 unspecified atom stereocenters. The van der Waals surface area contributed by atoms with Gasteiger partial charge in [-0.1, -0.05) is 243 Å². The second-order valence-corrected chi connectivity index (χ2v) is 22.8. The van der Waals surface area contributed by atoms with Crippen molar-refractivity contribution >= 4 is 0 Å². The fraction of sp³-hybridized carbons (Fsp3) is 0.360. The molecule has 16 nitrogen and oxygen atoms in total. The highest BCUT2D eigenvalue weighted by molar-refractivity contribution is 5.20. The summed E-state index contributed by atoms with van der Waals surface area (Å²) in [5, 5.41) is 25.6. The minimum Gasteiger partial charge on any atom is -0.385 e. The molecule has 0 amide bonds. The number of hydrogen-bond donors (Lipinski definition) is 2. The molecule has 3 saturated heterocycles. The summed E-state index contributed by atoms with van der Waals surface area (Å²) >= 11 is 0. The van der Waals surface area contributed by atoms with E-state index in [0.29, 0.717) is 6.61 Å². The van der Waals surface area contributed by atoms with E-state index >= 15 is 0 Å². The van der Waals surface area contributed by atoms with Crippen LogP contribution in [0.1, 0.15) is 44.5 Å². The first kappa shape index (κ1) is 65.6. The molecular formula is C75H82O16. The van der Waals surface area contributed by atoms with Gasteiger partial charge in [0.2, 0.25) is 0 Å². The molecule has 3 fully saturated rings. The Bertz CT molecular complexity index is 3260. The zero-order valence-electron chi connectivity index (χ0n) is 51.1. The molecule has 11 rings (SSSR count). The van der Waals surface area contributed by atoms with E-state index in [1.165, 1.54) is 7.11 Å². The topological polar surface area (TPSA) is 170 Å². The number of aliphatic hydroxyl groups excluding tert-OH is 2. The zero-order chi connectivity index (χ0) is 62.2. The molecule has 8 aromatic carbocycles. The molecule has 16 heteroatoms. The second-order valence-electron chi connectivity index (χ2n) is 22.8. The summed E-state index contributed by atoms with van der Waals surface area (Å²) in [5.41, 5.74) is 7.31. The Balaban J connectivity index is 0.924. The van der Waals surface area contributed by atoms with Crippen molar-refractivity contribution in [3.63, 3.8) is 0 Å². The van der Waals surface area contributed by atoms with Gasteiger partial charge in [-0.15, -0.1) is 0 Å². The van der Waals surface area contributed by atoms with Crippen LogP contribution in [0.4, 0.5) is 0 Å². The van der Waals surface area contributed by atoms with Gasteiger partial charge in [0.25, 0.3) is 0 Å². The maximum atomic E-state index is 13.0. The molecule has 0 saturated carbocycles. The van der Waals surface area contributed by atoms with E-state index in [-0.39, 0.29) is 66.1 Å². The normalized spacial score (nSPS) is 26.7. The van der Waals surface area contributed by atoms with E-state index in [4.69, 9.17) is 66.3 Å². The number of hydrogen-bond acceptors (Lipinski definition) is 16. The Kier molecular flexibility index (Phi) is 25.0. The quantitative estimate of drug-likeness (QED) is 0.0408. The van der Waals surface area contributed by atoms with E-state index in [1.54, 1.807) is 0 Å². The van der Waals surface area contributed by atoms with Crippen LogP contribution < -0.4 is 0 Å². The predicted molar refractivity (Wildman–Crippen MR) is 338 cm³/mol. The van der Waals surface area contributed by atoms with Crippen molar-refractivity contribution in [3.05, 3.63) is 287 Å². The van der Waals surface area contributed by atoms with Gasteiger partial charge < -0.3 is 76.5 Å². The largest absolute Gasteiger partial charge is 0.385 e. The van der Waals surface area contributed by atoms with Gasteiger partial charge in [-0.2, -0.15) is 0 Å². The first-order valence-electron chi connectivity index (χ1n) is 31.2. The highest BCUT2D eigenvalue weighted by Crippen LogP contribution is 2.37. The van der Waals surface area contributed by atoms with Crippen LogP contribution in [0, 0.1) is 0 Å². The van der Waals surface area contributed by atoms with E-state index in [2.05, 4.69) is 0 Å². The zero-order valence-corrected chi connectivity index (χ0v) is 51.1. The summed E-state index contributed by atoms with van der Waals surface area (Å²) < 4.78 is 95.0. The number of ether oxygens (including phenoxy) is 14. The Morgan fingerprint density at radius 2 is 0.516 bits per heavy atom. The summed E-state index contributed by atoms with van der Waals surface area (Å²) in [5.74, 6) is 0. The molecule has 0 spiro atoms. The van der Waals surface area contributed by atoms with Crippen LogP contribution in [-0.4, -0.2) is 129 Å². The average Bonchev–Trinajstić information content (AvgIpc) is 0.866. The van der Waals surface area contributed by atoms with Gasteiger partial charge in [-0.05, 0) is 44.5 Å². The molecule has 0 aliphatic carbocycles. The molecule has 3 aliphatic heterocycles. The molecular weight excluding hydrogens is 1160 g/mol. The number of rotatable bonds is 32. The van der Waals surface area contributed by atoms with Crippen molar-refractivity contribution in [1.29, 1.82) is 0 Å².